The van der Waals surface area contributed by atoms with Crippen LogP contribution in [0.15, 0.2) is 30.3 Å². The summed E-state index contributed by atoms with van der Waals surface area (Å²) in [5, 5.41) is -0.0742. The van der Waals surface area contributed by atoms with E-state index in [2.05, 4.69) is 0 Å². The van der Waals surface area contributed by atoms with Crippen LogP contribution in [-0.4, -0.2) is 50.5 Å². The van der Waals surface area contributed by atoms with E-state index in [1.54, 1.807) is 16.7 Å². The van der Waals surface area contributed by atoms with Crippen LogP contribution >= 0.6 is 23.5 Å². The average molecular weight is 364 g/mol. The standard InChI is InChI=1S/C17H20N2O3S2/c18-12-14(20)19-13(16(21)22-10-11-4-2-1-3-5-11)17(24-15(12)19)6-8-23-9-7-17/h1-5,12-13,15H,6-10,18H2/t12?,13?,15-/m0/s1. The molecule has 3 fully saturated rings. The Kier molecular flexibility index (Phi) is 4.26. The SMILES string of the molecule is NC1C(=O)N2C(C(=O)OCc3ccccc3)C3(CCSCC3)S[C@@H]12. The van der Waals surface area contributed by atoms with Gasteiger partial charge in [0.25, 0.3) is 0 Å². The number of carbonyl (C=O) groups excluding carboxylic acids is 2. The zero-order valence-corrected chi connectivity index (χ0v) is 14.9. The summed E-state index contributed by atoms with van der Waals surface area (Å²) in [6, 6.07) is 8.65. The number of fused-ring (bicyclic) bond motifs is 1. The third-order valence-electron chi connectivity index (χ3n) is 5.04. The maximum absolute atomic E-state index is 12.9. The molecule has 3 saturated heterocycles. The number of carbonyl (C=O) groups is 2. The molecule has 3 aliphatic rings. The maximum Gasteiger partial charge on any atom is 0.330 e. The number of nitrogens with two attached hydrogens (primary N) is 1. The van der Waals surface area contributed by atoms with Crippen LogP contribution in [0.2, 0.25) is 0 Å². The van der Waals surface area contributed by atoms with Gasteiger partial charge in [0, 0.05) is 0 Å². The van der Waals surface area contributed by atoms with Gasteiger partial charge in [-0.1, -0.05) is 30.3 Å². The lowest BCUT2D eigenvalue weighted by Gasteiger charge is -2.42. The minimum absolute atomic E-state index is 0.0742. The van der Waals surface area contributed by atoms with Crippen LogP contribution in [0.3, 0.4) is 0 Å². The topological polar surface area (TPSA) is 72.6 Å². The van der Waals surface area contributed by atoms with E-state index in [0.29, 0.717) is 0 Å². The summed E-state index contributed by atoms with van der Waals surface area (Å²) in [4.78, 5) is 26.8. The third kappa shape index (κ3) is 2.53. The van der Waals surface area contributed by atoms with Crippen molar-refractivity contribution in [3.05, 3.63) is 35.9 Å². The third-order valence-corrected chi connectivity index (χ3v) is 7.89. The molecule has 128 valence electrons. The predicted octanol–water partition coefficient (Wildman–Crippen LogP) is 1.61. The molecule has 1 aromatic carbocycles. The number of hydrogen-bond donors (Lipinski definition) is 1. The zero-order chi connectivity index (χ0) is 16.7. The lowest BCUT2D eigenvalue weighted by atomic mass is 9.89. The first-order valence-corrected chi connectivity index (χ1v) is 10.2. The van der Waals surface area contributed by atoms with Gasteiger partial charge >= 0.3 is 5.97 Å². The molecule has 3 aliphatic heterocycles. The second-order valence-corrected chi connectivity index (χ2v) is 9.21. The number of benzene rings is 1. The Hall–Kier alpha value is -1.18. The van der Waals surface area contributed by atoms with Crippen molar-refractivity contribution in [2.45, 2.75) is 41.7 Å². The first kappa shape index (κ1) is 16.3. The Morgan fingerprint density at radius 3 is 2.71 bits per heavy atom. The molecule has 3 atom stereocenters. The average Bonchev–Trinajstić information content (AvgIpc) is 2.92. The molecule has 0 bridgehead atoms. The quantitative estimate of drug-likeness (QED) is 0.649. The van der Waals surface area contributed by atoms with Crippen molar-refractivity contribution in [3.8, 4) is 0 Å². The zero-order valence-electron chi connectivity index (χ0n) is 13.2. The van der Waals surface area contributed by atoms with E-state index >= 15 is 0 Å². The van der Waals surface area contributed by atoms with Crippen LogP contribution < -0.4 is 5.73 Å². The van der Waals surface area contributed by atoms with Gasteiger partial charge in [-0.05, 0) is 29.9 Å². The van der Waals surface area contributed by atoms with E-state index < -0.39 is 12.1 Å². The Morgan fingerprint density at radius 1 is 1.29 bits per heavy atom. The van der Waals surface area contributed by atoms with Gasteiger partial charge in [0.2, 0.25) is 5.91 Å². The molecule has 24 heavy (non-hydrogen) atoms. The van der Waals surface area contributed by atoms with Crippen molar-refractivity contribution >= 4 is 35.4 Å². The fourth-order valence-corrected chi connectivity index (χ4v) is 7.06. The van der Waals surface area contributed by atoms with Crippen LogP contribution in [0.5, 0.6) is 0 Å². The van der Waals surface area contributed by atoms with Crippen molar-refractivity contribution in [1.82, 2.24) is 4.90 Å². The van der Waals surface area contributed by atoms with Gasteiger partial charge < -0.3 is 15.4 Å². The number of ether oxygens (including phenoxy) is 1. The second-order valence-electron chi connectivity index (χ2n) is 6.45. The number of nitrogens with zero attached hydrogens (tertiary/aromatic N) is 1. The molecule has 4 rings (SSSR count). The minimum atomic E-state index is -0.496. The molecule has 3 heterocycles. The number of β-lactam (4-membered cyclic amide) rings is 1. The van der Waals surface area contributed by atoms with Crippen molar-refractivity contribution in [3.63, 3.8) is 0 Å². The van der Waals surface area contributed by atoms with Gasteiger partial charge in [-0.3, -0.25) is 4.79 Å². The Balaban J connectivity index is 1.53. The normalized spacial score (nSPS) is 30.8. The summed E-state index contributed by atoms with van der Waals surface area (Å²) >= 11 is 3.62. The number of esters is 1. The number of thioether (sulfide) groups is 2. The molecule has 2 N–H and O–H groups in total. The van der Waals surface area contributed by atoms with Crippen LogP contribution in [0.1, 0.15) is 18.4 Å². The lowest BCUT2D eigenvalue weighted by molar-refractivity contribution is -0.164. The molecule has 0 aliphatic carbocycles. The fourth-order valence-electron chi connectivity index (χ4n) is 3.72. The Morgan fingerprint density at radius 2 is 2.00 bits per heavy atom. The Bertz CT molecular complexity index is 648. The molecule has 7 heteroatoms. The van der Waals surface area contributed by atoms with Crippen molar-refractivity contribution in [1.29, 1.82) is 0 Å². The highest BCUT2D eigenvalue weighted by molar-refractivity contribution is 8.02. The highest BCUT2D eigenvalue weighted by atomic mass is 32.2. The van der Waals surface area contributed by atoms with E-state index in [0.717, 1.165) is 29.9 Å². The van der Waals surface area contributed by atoms with Gasteiger partial charge in [-0.15, -0.1) is 11.8 Å². The van der Waals surface area contributed by atoms with Gasteiger partial charge in [-0.25, -0.2) is 4.79 Å². The fraction of sp³-hybridized carbons (Fsp3) is 0.529. The Labute approximate surface area is 149 Å². The number of amides is 1. The van der Waals surface area contributed by atoms with Gasteiger partial charge in [0.1, 0.15) is 24.1 Å². The van der Waals surface area contributed by atoms with Gasteiger partial charge in [0.05, 0.1) is 4.75 Å². The lowest BCUT2D eigenvalue weighted by Crippen LogP contribution is -2.69. The molecule has 0 radical (unpaired) electrons. The number of rotatable bonds is 3. The number of hydrogen-bond acceptors (Lipinski definition) is 6. The van der Waals surface area contributed by atoms with Gasteiger partial charge in [-0.2, -0.15) is 11.8 Å². The predicted molar refractivity (Wildman–Crippen MR) is 95.5 cm³/mol. The smallest absolute Gasteiger partial charge is 0.330 e. The van der Waals surface area contributed by atoms with E-state index in [-0.39, 0.29) is 28.6 Å². The van der Waals surface area contributed by atoms with E-state index in [1.165, 1.54) is 0 Å². The van der Waals surface area contributed by atoms with E-state index in [1.807, 2.05) is 42.1 Å². The molecular weight excluding hydrogens is 344 g/mol. The largest absolute Gasteiger partial charge is 0.459 e. The van der Waals surface area contributed by atoms with Crippen LogP contribution in [0.4, 0.5) is 0 Å². The molecular formula is C17H20N2O3S2. The molecule has 5 nitrogen and oxygen atoms in total. The summed E-state index contributed by atoms with van der Waals surface area (Å²) in [7, 11) is 0. The van der Waals surface area contributed by atoms with Crippen molar-refractivity contribution < 1.29 is 14.3 Å². The van der Waals surface area contributed by atoms with Crippen LogP contribution in [-0.2, 0) is 20.9 Å². The molecule has 0 saturated carbocycles. The first-order chi connectivity index (χ1) is 11.6. The molecule has 1 aromatic rings. The molecule has 2 unspecified atom stereocenters. The van der Waals surface area contributed by atoms with Crippen LogP contribution in [0.25, 0.3) is 0 Å². The van der Waals surface area contributed by atoms with E-state index in [4.69, 9.17) is 10.5 Å². The molecule has 0 aromatic heterocycles. The summed E-state index contributed by atoms with van der Waals surface area (Å²) in [5.74, 6) is 1.61. The summed E-state index contributed by atoms with van der Waals surface area (Å²) in [5.41, 5.74) is 6.91. The second kappa shape index (κ2) is 6.28. The molecule has 1 amide bonds. The minimum Gasteiger partial charge on any atom is -0.459 e. The first-order valence-electron chi connectivity index (χ1n) is 8.16. The van der Waals surface area contributed by atoms with E-state index in [9.17, 15) is 9.59 Å². The van der Waals surface area contributed by atoms with Crippen LogP contribution in [0, 0.1) is 0 Å². The van der Waals surface area contributed by atoms with Crippen molar-refractivity contribution in [2.75, 3.05) is 11.5 Å². The summed E-state index contributed by atoms with van der Waals surface area (Å²) in [6.07, 6.45) is 1.83. The van der Waals surface area contributed by atoms with Gasteiger partial charge in [0.15, 0.2) is 0 Å². The highest BCUT2D eigenvalue weighted by Crippen LogP contribution is 2.56. The monoisotopic (exact) mass is 364 g/mol. The highest BCUT2D eigenvalue weighted by Gasteiger charge is 2.66. The maximum atomic E-state index is 12.9. The molecule has 1 spiro atoms. The summed E-state index contributed by atoms with van der Waals surface area (Å²) < 4.78 is 5.35. The van der Waals surface area contributed by atoms with Crippen molar-refractivity contribution in [2.24, 2.45) is 5.73 Å². The summed E-state index contributed by atoms with van der Waals surface area (Å²) in [6.45, 7) is 0.240.